The van der Waals surface area contributed by atoms with E-state index < -0.39 is 5.82 Å². The SMILES string of the molecule is COc1cc(C#N)ccc1C(=O)c1ccc(F)cc1. The Hall–Kier alpha value is -2.67. The van der Waals surface area contributed by atoms with E-state index in [0.717, 1.165) is 0 Å². The summed E-state index contributed by atoms with van der Waals surface area (Å²) in [6.45, 7) is 0. The zero-order chi connectivity index (χ0) is 13.8. The summed E-state index contributed by atoms with van der Waals surface area (Å²) in [5.41, 5.74) is 1.12. The highest BCUT2D eigenvalue weighted by Gasteiger charge is 2.15. The van der Waals surface area contributed by atoms with Gasteiger partial charge in [-0.05, 0) is 42.5 Å². The second kappa shape index (κ2) is 5.32. The molecular weight excluding hydrogens is 245 g/mol. The number of methoxy groups -OCH3 is 1. The Bertz CT molecular complexity index is 657. The van der Waals surface area contributed by atoms with Crippen LogP contribution in [0.3, 0.4) is 0 Å². The van der Waals surface area contributed by atoms with E-state index in [1.54, 1.807) is 6.07 Å². The maximum Gasteiger partial charge on any atom is 0.196 e. The van der Waals surface area contributed by atoms with Gasteiger partial charge in [-0.2, -0.15) is 5.26 Å². The summed E-state index contributed by atoms with van der Waals surface area (Å²) in [7, 11) is 1.43. The third-order valence-electron chi connectivity index (χ3n) is 2.68. The van der Waals surface area contributed by atoms with Gasteiger partial charge in [0, 0.05) is 5.56 Å². The smallest absolute Gasteiger partial charge is 0.196 e. The van der Waals surface area contributed by atoms with E-state index >= 15 is 0 Å². The topological polar surface area (TPSA) is 50.1 Å². The van der Waals surface area contributed by atoms with Crippen LogP contribution in [0.1, 0.15) is 21.5 Å². The van der Waals surface area contributed by atoms with Crippen molar-refractivity contribution in [2.45, 2.75) is 0 Å². The quantitative estimate of drug-likeness (QED) is 0.792. The molecule has 19 heavy (non-hydrogen) atoms. The Balaban J connectivity index is 2.44. The molecule has 0 saturated heterocycles. The number of nitriles is 1. The fourth-order valence-electron chi connectivity index (χ4n) is 1.71. The first-order valence-corrected chi connectivity index (χ1v) is 5.54. The van der Waals surface area contributed by atoms with E-state index in [0.29, 0.717) is 22.4 Å². The van der Waals surface area contributed by atoms with Crippen LogP contribution in [0, 0.1) is 17.1 Å². The highest BCUT2D eigenvalue weighted by atomic mass is 19.1. The third kappa shape index (κ3) is 2.61. The molecule has 0 radical (unpaired) electrons. The fraction of sp³-hybridized carbons (Fsp3) is 0.0667. The van der Waals surface area contributed by atoms with Gasteiger partial charge < -0.3 is 4.74 Å². The van der Waals surface area contributed by atoms with E-state index in [1.807, 2.05) is 6.07 Å². The lowest BCUT2D eigenvalue weighted by Gasteiger charge is -2.08. The van der Waals surface area contributed by atoms with E-state index in [2.05, 4.69) is 0 Å². The van der Waals surface area contributed by atoms with Crippen molar-refractivity contribution in [2.24, 2.45) is 0 Å². The molecule has 2 aromatic carbocycles. The van der Waals surface area contributed by atoms with Gasteiger partial charge in [-0.15, -0.1) is 0 Å². The zero-order valence-corrected chi connectivity index (χ0v) is 10.2. The van der Waals surface area contributed by atoms with Crippen molar-refractivity contribution in [3.8, 4) is 11.8 Å². The summed E-state index contributed by atoms with van der Waals surface area (Å²) >= 11 is 0. The number of rotatable bonds is 3. The highest BCUT2D eigenvalue weighted by molar-refractivity contribution is 6.10. The first-order chi connectivity index (χ1) is 9.15. The molecule has 0 fully saturated rings. The maximum atomic E-state index is 12.8. The van der Waals surface area contributed by atoms with Crippen LogP contribution in [0.15, 0.2) is 42.5 Å². The molecule has 0 heterocycles. The van der Waals surface area contributed by atoms with Crippen LogP contribution >= 0.6 is 0 Å². The van der Waals surface area contributed by atoms with Gasteiger partial charge in [-0.25, -0.2) is 4.39 Å². The number of halogens is 1. The number of ether oxygens (including phenoxy) is 1. The molecule has 0 aromatic heterocycles. The van der Waals surface area contributed by atoms with Crippen LogP contribution < -0.4 is 4.74 Å². The molecule has 3 nitrogen and oxygen atoms in total. The van der Waals surface area contributed by atoms with Gasteiger partial charge in [0.05, 0.1) is 24.3 Å². The molecule has 2 aromatic rings. The molecule has 0 saturated carbocycles. The van der Waals surface area contributed by atoms with E-state index in [9.17, 15) is 9.18 Å². The molecule has 0 aliphatic heterocycles. The summed E-state index contributed by atoms with van der Waals surface area (Å²) in [6.07, 6.45) is 0. The molecule has 0 amide bonds. The van der Waals surface area contributed by atoms with Crippen LogP contribution in [-0.4, -0.2) is 12.9 Å². The second-order valence-electron chi connectivity index (χ2n) is 3.86. The monoisotopic (exact) mass is 255 g/mol. The lowest BCUT2D eigenvalue weighted by Crippen LogP contribution is -2.04. The van der Waals surface area contributed by atoms with Crippen molar-refractivity contribution < 1.29 is 13.9 Å². The molecule has 0 aliphatic rings. The molecule has 0 N–H and O–H groups in total. The van der Waals surface area contributed by atoms with E-state index in [1.165, 1.54) is 43.5 Å². The maximum absolute atomic E-state index is 12.8. The number of carbonyl (C=O) groups excluding carboxylic acids is 1. The van der Waals surface area contributed by atoms with Crippen molar-refractivity contribution >= 4 is 5.78 Å². The minimum absolute atomic E-state index is 0.277. The average Bonchev–Trinajstić information content (AvgIpc) is 2.46. The minimum atomic E-state index is -0.400. The van der Waals surface area contributed by atoms with Crippen molar-refractivity contribution in [1.29, 1.82) is 5.26 Å². The van der Waals surface area contributed by atoms with Crippen LogP contribution in [0.5, 0.6) is 5.75 Å². The minimum Gasteiger partial charge on any atom is -0.496 e. The summed E-state index contributed by atoms with van der Waals surface area (Å²) in [4.78, 5) is 12.3. The second-order valence-corrected chi connectivity index (χ2v) is 3.86. The summed E-state index contributed by atoms with van der Waals surface area (Å²) in [5.74, 6) is -0.349. The number of hydrogen-bond acceptors (Lipinski definition) is 3. The van der Waals surface area contributed by atoms with Gasteiger partial charge in [0.1, 0.15) is 11.6 Å². The first kappa shape index (κ1) is 12.8. The summed E-state index contributed by atoms with van der Waals surface area (Å²) < 4.78 is 17.9. The highest BCUT2D eigenvalue weighted by Crippen LogP contribution is 2.23. The normalized spacial score (nSPS) is 9.74. The number of benzene rings is 2. The van der Waals surface area contributed by atoms with Crippen LogP contribution in [0.4, 0.5) is 4.39 Å². The first-order valence-electron chi connectivity index (χ1n) is 5.54. The number of nitrogens with zero attached hydrogens (tertiary/aromatic N) is 1. The van der Waals surface area contributed by atoms with Gasteiger partial charge in [0.15, 0.2) is 5.78 Å². The van der Waals surface area contributed by atoms with E-state index in [4.69, 9.17) is 10.00 Å². The van der Waals surface area contributed by atoms with E-state index in [-0.39, 0.29) is 5.78 Å². The van der Waals surface area contributed by atoms with Gasteiger partial charge in [-0.3, -0.25) is 4.79 Å². The number of ketones is 1. The average molecular weight is 255 g/mol. The molecule has 0 spiro atoms. The van der Waals surface area contributed by atoms with Gasteiger partial charge in [0.25, 0.3) is 0 Å². The predicted octanol–water partition coefficient (Wildman–Crippen LogP) is 2.94. The zero-order valence-electron chi connectivity index (χ0n) is 10.2. The van der Waals surface area contributed by atoms with Crippen molar-refractivity contribution in [3.63, 3.8) is 0 Å². The van der Waals surface area contributed by atoms with Gasteiger partial charge in [-0.1, -0.05) is 0 Å². The Morgan fingerprint density at radius 2 is 1.89 bits per heavy atom. The fourth-order valence-corrected chi connectivity index (χ4v) is 1.71. The van der Waals surface area contributed by atoms with Crippen LogP contribution in [-0.2, 0) is 0 Å². The Morgan fingerprint density at radius 3 is 2.47 bits per heavy atom. The molecule has 4 heteroatoms. The molecule has 0 bridgehead atoms. The van der Waals surface area contributed by atoms with Crippen LogP contribution in [0.25, 0.3) is 0 Å². The summed E-state index contributed by atoms with van der Waals surface area (Å²) in [6, 6.07) is 11.8. The summed E-state index contributed by atoms with van der Waals surface area (Å²) in [5, 5.41) is 8.80. The molecule has 94 valence electrons. The molecule has 0 aliphatic carbocycles. The Morgan fingerprint density at radius 1 is 1.21 bits per heavy atom. The number of hydrogen-bond donors (Lipinski definition) is 0. The van der Waals surface area contributed by atoms with Crippen LogP contribution in [0.2, 0.25) is 0 Å². The lowest BCUT2D eigenvalue weighted by molar-refractivity contribution is 0.103. The molecule has 0 atom stereocenters. The third-order valence-corrected chi connectivity index (χ3v) is 2.68. The molecule has 2 rings (SSSR count). The molecular formula is C15H10FNO2. The Labute approximate surface area is 109 Å². The van der Waals surface area contributed by atoms with Gasteiger partial charge in [0.2, 0.25) is 0 Å². The standard InChI is InChI=1S/C15H10FNO2/c1-19-14-8-10(9-17)2-7-13(14)15(18)11-3-5-12(16)6-4-11/h2-8H,1H3. The van der Waals surface area contributed by atoms with Gasteiger partial charge >= 0.3 is 0 Å². The number of carbonyl (C=O) groups is 1. The van der Waals surface area contributed by atoms with Crippen molar-refractivity contribution in [1.82, 2.24) is 0 Å². The largest absolute Gasteiger partial charge is 0.496 e. The van der Waals surface area contributed by atoms with Crippen molar-refractivity contribution in [2.75, 3.05) is 7.11 Å². The lowest BCUT2D eigenvalue weighted by atomic mass is 10.0. The molecule has 0 unspecified atom stereocenters. The van der Waals surface area contributed by atoms with Crippen molar-refractivity contribution in [3.05, 3.63) is 65.0 Å². The Kier molecular flexibility index (Phi) is 3.58. The predicted molar refractivity (Wildman–Crippen MR) is 67.5 cm³/mol.